The molecule has 2 saturated carbocycles. The minimum Gasteiger partial charge on any atom is -0.427 e. The second-order valence-electron chi connectivity index (χ2n) is 6.07. The Balaban J connectivity index is 1.56. The highest BCUT2D eigenvalue weighted by Crippen LogP contribution is 2.40. The molecule has 2 N–H and O–H groups in total. The van der Waals surface area contributed by atoms with Crippen molar-refractivity contribution in [3.63, 3.8) is 0 Å². The summed E-state index contributed by atoms with van der Waals surface area (Å²) in [4.78, 5) is 0. The van der Waals surface area contributed by atoms with E-state index in [4.69, 9.17) is 14.1 Å². The van der Waals surface area contributed by atoms with E-state index in [1.807, 2.05) is 0 Å². The number of hydrogen-bond donors (Lipinski definition) is 2. The molecule has 0 amide bonds. The third-order valence-corrected chi connectivity index (χ3v) is 4.79. The molecular formula is C14H28BN2O3. The summed E-state index contributed by atoms with van der Waals surface area (Å²) in [6, 6.07) is 1.24. The maximum atomic E-state index is 5.42. The van der Waals surface area contributed by atoms with Gasteiger partial charge in [-0.05, 0) is 44.2 Å². The van der Waals surface area contributed by atoms with Crippen LogP contribution in [0.2, 0.25) is 0 Å². The minimum atomic E-state index is -0.302. The number of ether oxygens (including phenoxy) is 2. The summed E-state index contributed by atoms with van der Waals surface area (Å²) in [5.41, 5.74) is 0. The number of rotatable bonds is 8. The van der Waals surface area contributed by atoms with Gasteiger partial charge in [0.15, 0.2) is 5.79 Å². The molecule has 0 saturated heterocycles. The summed E-state index contributed by atoms with van der Waals surface area (Å²) in [7, 11) is 6.84. The van der Waals surface area contributed by atoms with E-state index in [0.29, 0.717) is 18.0 Å². The maximum absolute atomic E-state index is 5.42. The van der Waals surface area contributed by atoms with Crippen LogP contribution in [0.4, 0.5) is 0 Å². The van der Waals surface area contributed by atoms with Crippen molar-refractivity contribution >= 4 is 7.62 Å². The largest absolute Gasteiger partial charge is 0.427 e. The Morgan fingerprint density at radius 3 is 2.15 bits per heavy atom. The molecule has 1 radical (unpaired) electrons. The SMILES string of the molecule is CO[B]NC1CCC(NCC2CC(OC)(OC)C2)CC1. The van der Waals surface area contributed by atoms with Gasteiger partial charge in [0, 0.05) is 40.2 Å². The highest BCUT2D eigenvalue weighted by molar-refractivity contribution is 6.23. The van der Waals surface area contributed by atoms with Crippen LogP contribution >= 0.6 is 0 Å². The van der Waals surface area contributed by atoms with Crippen LogP contribution < -0.4 is 10.5 Å². The predicted octanol–water partition coefficient (Wildman–Crippen LogP) is 1.06. The predicted molar refractivity (Wildman–Crippen MR) is 79.4 cm³/mol. The Hall–Kier alpha value is -0.135. The van der Waals surface area contributed by atoms with Crippen molar-refractivity contribution in [2.75, 3.05) is 27.9 Å². The van der Waals surface area contributed by atoms with E-state index < -0.39 is 0 Å². The first-order valence-corrected chi connectivity index (χ1v) is 7.65. The highest BCUT2D eigenvalue weighted by Gasteiger charge is 2.44. The molecule has 0 atom stereocenters. The van der Waals surface area contributed by atoms with Crippen LogP contribution in [0.3, 0.4) is 0 Å². The first-order chi connectivity index (χ1) is 9.71. The monoisotopic (exact) mass is 283 g/mol. The van der Waals surface area contributed by atoms with Crippen molar-refractivity contribution in [3.8, 4) is 0 Å². The van der Waals surface area contributed by atoms with Crippen LogP contribution in [-0.2, 0) is 14.1 Å². The zero-order valence-electron chi connectivity index (χ0n) is 13.0. The molecule has 0 spiro atoms. The number of hydrogen-bond acceptors (Lipinski definition) is 5. The highest BCUT2D eigenvalue weighted by atomic mass is 16.7. The quantitative estimate of drug-likeness (QED) is 0.515. The summed E-state index contributed by atoms with van der Waals surface area (Å²) in [6.07, 6.45) is 6.91. The first-order valence-electron chi connectivity index (χ1n) is 7.65. The van der Waals surface area contributed by atoms with Gasteiger partial charge in [-0.1, -0.05) is 0 Å². The Morgan fingerprint density at radius 2 is 1.60 bits per heavy atom. The molecule has 5 nitrogen and oxygen atoms in total. The zero-order chi connectivity index (χ0) is 14.4. The van der Waals surface area contributed by atoms with Crippen LogP contribution in [0.1, 0.15) is 38.5 Å². The smallest absolute Gasteiger partial charge is 0.395 e. The van der Waals surface area contributed by atoms with Gasteiger partial charge in [0.2, 0.25) is 0 Å². The Morgan fingerprint density at radius 1 is 1.00 bits per heavy atom. The van der Waals surface area contributed by atoms with Gasteiger partial charge in [-0.2, -0.15) is 0 Å². The summed E-state index contributed by atoms with van der Waals surface area (Å²) in [6.45, 7) is 1.08. The van der Waals surface area contributed by atoms with Crippen LogP contribution in [0, 0.1) is 5.92 Å². The molecule has 0 aliphatic heterocycles. The van der Waals surface area contributed by atoms with Crippen molar-refractivity contribution in [1.82, 2.24) is 10.5 Å². The maximum Gasteiger partial charge on any atom is 0.395 e. The van der Waals surface area contributed by atoms with Crippen LogP contribution in [0.15, 0.2) is 0 Å². The summed E-state index contributed by atoms with van der Waals surface area (Å²) in [5, 5.41) is 7.00. The average Bonchev–Trinajstić information content (AvgIpc) is 2.45. The van der Waals surface area contributed by atoms with Gasteiger partial charge >= 0.3 is 7.62 Å². The minimum absolute atomic E-state index is 0.302. The molecule has 0 aromatic carbocycles. The number of methoxy groups -OCH3 is 2. The van der Waals surface area contributed by atoms with Gasteiger partial charge in [-0.25, -0.2) is 0 Å². The standard InChI is InChI=1S/C14H28BN2O3/c1-18-14(19-2)8-11(9-14)10-16-12-4-6-13(7-5-12)17-15-20-3/h11-13,16-17H,4-10H2,1-3H3. The fourth-order valence-corrected chi connectivity index (χ4v) is 3.34. The van der Waals surface area contributed by atoms with E-state index in [-0.39, 0.29) is 5.79 Å². The molecule has 0 unspecified atom stereocenters. The van der Waals surface area contributed by atoms with Crippen molar-refractivity contribution < 1.29 is 14.1 Å². The summed E-state index contributed by atoms with van der Waals surface area (Å²) < 4.78 is 15.8. The third kappa shape index (κ3) is 4.18. The van der Waals surface area contributed by atoms with Gasteiger partial charge in [0.25, 0.3) is 0 Å². The molecule has 2 aliphatic rings. The van der Waals surface area contributed by atoms with E-state index in [0.717, 1.165) is 19.4 Å². The average molecular weight is 283 g/mol. The Bertz CT molecular complexity index is 274. The van der Waals surface area contributed by atoms with Gasteiger partial charge in [-0.15, -0.1) is 0 Å². The van der Waals surface area contributed by atoms with Gasteiger partial charge in [0.05, 0.1) is 0 Å². The van der Waals surface area contributed by atoms with E-state index in [9.17, 15) is 0 Å². The van der Waals surface area contributed by atoms with E-state index in [1.54, 1.807) is 28.9 Å². The van der Waals surface area contributed by atoms with Crippen LogP contribution in [0.5, 0.6) is 0 Å². The molecule has 2 fully saturated rings. The fourth-order valence-electron chi connectivity index (χ4n) is 3.34. The molecule has 20 heavy (non-hydrogen) atoms. The molecule has 115 valence electrons. The second-order valence-corrected chi connectivity index (χ2v) is 6.07. The molecule has 0 aromatic rings. The summed E-state index contributed by atoms with van der Waals surface area (Å²) in [5.74, 6) is 0.386. The number of nitrogens with one attached hydrogen (secondary N) is 2. The fraction of sp³-hybridized carbons (Fsp3) is 1.00. The third-order valence-electron chi connectivity index (χ3n) is 4.79. The molecule has 2 rings (SSSR count). The first kappa shape index (κ1) is 16.2. The van der Waals surface area contributed by atoms with E-state index >= 15 is 0 Å². The van der Waals surface area contributed by atoms with Crippen molar-refractivity contribution in [2.45, 2.75) is 56.4 Å². The van der Waals surface area contributed by atoms with E-state index in [2.05, 4.69) is 10.5 Å². The zero-order valence-corrected chi connectivity index (χ0v) is 13.0. The lowest BCUT2D eigenvalue weighted by Crippen LogP contribution is -2.51. The van der Waals surface area contributed by atoms with Gasteiger partial charge in [0.1, 0.15) is 0 Å². The van der Waals surface area contributed by atoms with Crippen LogP contribution in [0.25, 0.3) is 0 Å². The molecule has 0 heterocycles. The van der Waals surface area contributed by atoms with Crippen molar-refractivity contribution in [3.05, 3.63) is 0 Å². The molecular weight excluding hydrogens is 255 g/mol. The Labute approximate surface area is 123 Å². The van der Waals surface area contributed by atoms with Gasteiger partial charge in [-0.3, -0.25) is 0 Å². The Kier molecular flexibility index (Phi) is 6.30. The molecule has 0 bridgehead atoms. The normalized spacial score (nSPS) is 29.9. The molecule has 2 aliphatic carbocycles. The lowest BCUT2D eigenvalue weighted by Gasteiger charge is -2.45. The summed E-state index contributed by atoms with van der Waals surface area (Å²) >= 11 is 0. The van der Waals surface area contributed by atoms with Crippen molar-refractivity contribution in [1.29, 1.82) is 0 Å². The van der Waals surface area contributed by atoms with E-state index in [1.165, 1.54) is 25.7 Å². The topological polar surface area (TPSA) is 51.8 Å². The van der Waals surface area contributed by atoms with Gasteiger partial charge < -0.3 is 24.7 Å². The van der Waals surface area contributed by atoms with Crippen molar-refractivity contribution in [2.24, 2.45) is 5.92 Å². The van der Waals surface area contributed by atoms with Crippen LogP contribution in [-0.4, -0.2) is 53.4 Å². The molecule has 0 aromatic heterocycles. The lowest BCUT2D eigenvalue weighted by molar-refractivity contribution is -0.269. The lowest BCUT2D eigenvalue weighted by atomic mass is 9.78. The second kappa shape index (κ2) is 7.75. The molecule has 6 heteroatoms.